The first kappa shape index (κ1) is 25.6. The molecule has 4 aromatic carbocycles. The van der Waals surface area contributed by atoms with Crippen LogP contribution in [0.1, 0.15) is 112 Å². The summed E-state index contributed by atoms with van der Waals surface area (Å²) >= 11 is 0. The van der Waals surface area contributed by atoms with Crippen LogP contribution in [0.2, 0.25) is 0 Å². The highest BCUT2D eigenvalue weighted by molar-refractivity contribution is 5.85. The SMILES string of the molecule is CC1(C)c2ccccc2-c2ccc(N(c3ccc(C4CCCCC4)cc3)c3ccc(C4CCCCC4)cc3)cc21. The van der Waals surface area contributed by atoms with Gasteiger partial charge < -0.3 is 4.90 Å². The number of hydrogen-bond donors (Lipinski definition) is 0. The molecule has 0 atom stereocenters. The quantitative estimate of drug-likeness (QED) is 0.250. The number of anilines is 3. The second-order valence-corrected chi connectivity index (χ2v) is 13.1. The Balaban J connectivity index is 1.28. The summed E-state index contributed by atoms with van der Waals surface area (Å²) in [6, 6.07) is 35.2. The summed E-state index contributed by atoms with van der Waals surface area (Å²) in [5.41, 5.74) is 12.4. The van der Waals surface area contributed by atoms with E-state index >= 15 is 0 Å². The first-order chi connectivity index (χ1) is 19.6. The lowest BCUT2D eigenvalue weighted by atomic mass is 9.82. The van der Waals surface area contributed by atoms with Gasteiger partial charge in [0, 0.05) is 22.5 Å². The molecule has 3 aliphatic rings. The third-order valence-corrected chi connectivity index (χ3v) is 10.3. The highest BCUT2D eigenvalue weighted by atomic mass is 15.1. The van der Waals surface area contributed by atoms with Crippen LogP contribution < -0.4 is 4.90 Å². The molecule has 0 N–H and O–H groups in total. The maximum atomic E-state index is 2.48. The van der Waals surface area contributed by atoms with Gasteiger partial charge in [-0.1, -0.05) is 107 Å². The van der Waals surface area contributed by atoms with E-state index in [1.807, 2.05) is 0 Å². The third kappa shape index (κ3) is 4.58. The van der Waals surface area contributed by atoms with Gasteiger partial charge in [-0.05, 0) is 107 Å². The van der Waals surface area contributed by atoms with Crippen LogP contribution >= 0.6 is 0 Å². The van der Waals surface area contributed by atoms with Crippen LogP contribution in [-0.4, -0.2) is 0 Å². The van der Waals surface area contributed by atoms with Crippen LogP contribution in [0, 0.1) is 0 Å². The smallest absolute Gasteiger partial charge is 0.0465 e. The lowest BCUT2D eigenvalue weighted by molar-refractivity contribution is 0.443. The zero-order valence-electron chi connectivity index (χ0n) is 24.3. The number of rotatable bonds is 5. The molecular formula is C39H43N. The molecular weight excluding hydrogens is 482 g/mol. The van der Waals surface area contributed by atoms with Gasteiger partial charge in [-0.15, -0.1) is 0 Å². The first-order valence-electron chi connectivity index (χ1n) is 15.8. The fraction of sp³-hybridized carbons (Fsp3) is 0.385. The molecule has 0 aromatic heterocycles. The van der Waals surface area contributed by atoms with Crippen molar-refractivity contribution in [1.82, 2.24) is 0 Å². The van der Waals surface area contributed by atoms with Crippen LogP contribution in [0.5, 0.6) is 0 Å². The molecule has 204 valence electrons. The van der Waals surface area contributed by atoms with E-state index in [0.717, 1.165) is 11.8 Å². The third-order valence-electron chi connectivity index (χ3n) is 10.3. The molecule has 0 heterocycles. The highest BCUT2D eigenvalue weighted by Crippen LogP contribution is 2.50. The summed E-state index contributed by atoms with van der Waals surface area (Å²) in [4.78, 5) is 2.48. The lowest BCUT2D eigenvalue weighted by Gasteiger charge is -2.29. The van der Waals surface area contributed by atoms with Gasteiger partial charge in [0.15, 0.2) is 0 Å². The van der Waals surface area contributed by atoms with Gasteiger partial charge in [0.25, 0.3) is 0 Å². The summed E-state index contributed by atoms with van der Waals surface area (Å²) in [7, 11) is 0. The van der Waals surface area contributed by atoms with Gasteiger partial charge >= 0.3 is 0 Å². The molecule has 40 heavy (non-hydrogen) atoms. The molecule has 0 spiro atoms. The summed E-state index contributed by atoms with van der Waals surface area (Å²) in [5, 5.41) is 0. The molecule has 1 heteroatoms. The van der Waals surface area contributed by atoms with Crippen molar-refractivity contribution in [3.05, 3.63) is 113 Å². The minimum atomic E-state index is -0.0106. The van der Waals surface area contributed by atoms with Gasteiger partial charge in [0.1, 0.15) is 0 Å². The van der Waals surface area contributed by atoms with Crippen LogP contribution in [0.4, 0.5) is 17.1 Å². The van der Waals surface area contributed by atoms with Crippen molar-refractivity contribution in [1.29, 1.82) is 0 Å². The Hall–Kier alpha value is -3.32. The van der Waals surface area contributed by atoms with E-state index in [-0.39, 0.29) is 5.41 Å². The van der Waals surface area contributed by atoms with Gasteiger partial charge in [-0.2, -0.15) is 0 Å². The molecule has 0 bridgehead atoms. The van der Waals surface area contributed by atoms with E-state index in [4.69, 9.17) is 0 Å². The fourth-order valence-corrected chi connectivity index (χ4v) is 7.94. The van der Waals surface area contributed by atoms with Gasteiger partial charge in [0.05, 0.1) is 0 Å². The maximum Gasteiger partial charge on any atom is 0.0465 e. The molecule has 3 aliphatic carbocycles. The van der Waals surface area contributed by atoms with Crippen molar-refractivity contribution in [3.63, 3.8) is 0 Å². The number of hydrogen-bond acceptors (Lipinski definition) is 1. The zero-order chi connectivity index (χ0) is 27.1. The predicted octanol–water partition coefficient (Wildman–Crippen LogP) is 11.6. The van der Waals surface area contributed by atoms with Gasteiger partial charge in [-0.3, -0.25) is 0 Å². The van der Waals surface area contributed by atoms with E-state index in [0.29, 0.717) is 0 Å². The number of nitrogens with zero attached hydrogens (tertiary/aromatic N) is 1. The monoisotopic (exact) mass is 525 g/mol. The molecule has 0 unspecified atom stereocenters. The second kappa shape index (κ2) is 10.6. The van der Waals surface area contributed by atoms with E-state index in [9.17, 15) is 0 Å². The van der Waals surface area contributed by atoms with Crippen LogP contribution in [-0.2, 0) is 5.41 Å². The normalized spacial score (nSPS) is 18.8. The Labute approximate surface area is 241 Å². The summed E-state index contributed by atoms with van der Waals surface area (Å²) in [6.07, 6.45) is 13.7. The molecule has 0 radical (unpaired) electrons. The van der Waals surface area contributed by atoms with Gasteiger partial charge in [-0.25, -0.2) is 0 Å². The molecule has 0 saturated heterocycles. The Morgan fingerprint density at radius 2 is 0.975 bits per heavy atom. The predicted molar refractivity (Wildman–Crippen MR) is 170 cm³/mol. The molecule has 2 saturated carbocycles. The molecule has 1 nitrogen and oxygen atoms in total. The Kier molecular flexibility index (Phi) is 6.78. The Morgan fingerprint density at radius 3 is 1.52 bits per heavy atom. The van der Waals surface area contributed by atoms with E-state index in [1.165, 1.54) is 115 Å². The van der Waals surface area contributed by atoms with Crippen molar-refractivity contribution >= 4 is 17.1 Å². The highest BCUT2D eigenvalue weighted by Gasteiger charge is 2.35. The van der Waals surface area contributed by atoms with Gasteiger partial charge in [0.2, 0.25) is 0 Å². The fourth-order valence-electron chi connectivity index (χ4n) is 7.94. The van der Waals surface area contributed by atoms with Crippen molar-refractivity contribution in [2.75, 3.05) is 4.90 Å². The number of benzene rings is 4. The summed E-state index contributed by atoms with van der Waals surface area (Å²) in [6.45, 7) is 4.76. The van der Waals surface area contributed by atoms with Crippen molar-refractivity contribution < 1.29 is 0 Å². The zero-order valence-corrected chi connectivity index (χ0v) is 24.3. The number of fused-ring (bicyclic) bond motifs is 3. The van der Waals surface area contributed by atoms with Crippen molar-refractivity contribution in [2.45, 2.75) is 95.3 Å². The van der Waals surface area contributed by atoms with E-state index < -0.39 is 0 Å². The topological polar surface area (TPSA) is 3.24 Å². The minimum absolute atomic E-state index is 0.0106. The molecule has 7 rings (SSSR count). The molecule has 4 aromatic rings. The van der Waals surface area contributed by atoms with Crippen molar-refractivity contribution in [2.24, 2.45) is 0 Å². The standard InChI is InChI=1S/C39H43N/c1-39(2)37-16-10-9-15-35(37)36-26-25-34(27-38(36)39)40(32-21-17-30(18-22-32)28-11-5-3-6-12-28)33-23-19-31(20-24-33)29-13-7-4-8-14-29/h9-10,15-29H,3-8,11-14H2,1-2H3. The summed E-state index contributed by atoms with van der Waals surface area (Å²) < 4.78 is 0. The maximum absolute atomic E-state index is 2.48. The molecule has 2 fully saturated rings. The second-order valence-electron chi connectivity index (χ2n) is 13.1. The largest absolute Gasteiger partial charge is 0.310 e. The lowest BCUT2D eigenvalue weighted by Crippen LogP contribution is -2.16. The van der Waals surface area contributed by atoms with Crippen LogP contribution in [0.3, 0.4) is 0 Å². The van der Waals surface area contributed by atoms with Crippen LogP contribution in [0.15, 0.2) is 91.0 Å². The Bertz CT molecular complexity index is 1400. The first-order valence-corrected chi connectivity index (χ1v) is 15.8. The van der Waals surface area contributed by atoms with Crippen LogP contribution in [0.25, 0.3) is 11.1 Å². The average Bonchev–Trinajstić information content (AvgIpc) is 3.25. The average molecular weight is 526 g/mol. The summed E-state index contributed by atoms with van der Waals surface area (Å²) in [5.74, 6) is 1.45. The molecule has 0 aliphatic heterocycles. The van der Waals surface area contributed by atoms with E-state index in [1.54, 1.807) is 0 Å². The minimum Gasteiger partial charge on any atom is -0.310 e. The Morgan fingerprint density at radius 1 is 0.500 bits per heavy atom. The van der Waals surface area contributed by atoms with E-state index in [2.05, 4.69) is 110 Å². The molecule has 0 amide bonds. The van der Waals surface area contributed by atoms with Crippen molar-refractivity contribution in [3.8, 4) is 11.1 Å².